The van der Waals surface area contributed by atoms with Crippen molar-refractivity contribution in [3.63, 3.8) is 0 Å². The van der Waals surface area contributed by atoms with Crippen molar-refractivity contribution < 1.29 is 0 Å². The molecule has 5 heteroatoms. The van der Waals surface area contributed by atoms with E-state index >= 15 is 0 Å². The van der Waals surface area contributed by atoms with E-state index in [1.54, 1.807) is 30.3 Å². The van der Waals surface area contributed by atoms with Gasteiger partial charge in [-0.15, -0.1) is 0 Å². The molecule has 0 N–H and O–H groups in total. The second kappa shape index (κ2) is 4.58. The van der Waals surface area contributed by atoms with Crippen LogP contribution in [0.5, 0.6) is 0 Å². The van der Waals surface area contributed by atoms with Gasteiger partial charge in [0.1, 0.15) is 0 Å². The fourth-order valence-electron chi connectivity index (χ4n) is 2.84. The Hall–Kier alpha value is -3.34. The molecule has 110 valence electrons. The monoisotopic (exact) mass is 303 g/mol. The van der Waals surface area contributed by atoms with Crippen LogP contribution >= 0.6 is 0 Å². The van der Waals surface area contributed by atoms with Crippen molar-refractivity contribution in [1.82, 2.24) is 4.57 Å². The number of fused-ring (bicyclic) bond motifs is 2. The predicted octanol–water partition coefficient (Wildman–Crippen LogP) is 1.10. The van der Waals surface area contributed by atoms with Gasteiger partial charge in [0, 0.05) is 10.8 Å². The first-order chi connectivity index (χ1) is 11.1. The fourth-order valence-corrected chi connectivity index (χ4v) is 2.84. The molecule has 1 aromatic heterocycles. The Morgan fingerprint density at radius 3 is 1.52 bits per heavy atom. The summed E-state index contributed by atoms with van der Waals surface area (Å²) in [5.41, 5.74) is -1.23. The van der Waals surface area contributed by atoms with Crippen LogP contribution in [0, 0.1) is 0 Å². The molecule has 0 unspecified atom stereocenters. The summed E-state index contributed by atoms with van der Waals surface area (Å²) in [5, 5.41) is 0.614. The van der Waals surface area contributed by atoms with E-state index in [1.165, 1.54) is 24.3 Å². The Morgan fingerprint density at radius 2 is 1.04 bits per heavy atom. The quantitative estimate of drug-likeness (QED) is 0.528. The van der Waals surface area contributed by atoms with Gasteiger partial charge in [0.15, 0.2) is 10.9 Å². The van der Waals surface area contributed by atoms with Crippen LogP contribution in [0.3, 0.4) is 0 Å². The van der Waals surface area contributed by atoms with Gasteiger partial charge in [-0.1, -0.05) is 18.2 Å². The van der Waals surface area contributed by atoms with Crippen LogP contribution in [0.4, 0.5) is 0 Å². The zero-order chi connectivity index (χ0) is 16.1. The van der Waals surface area contributed by atoms with E-state index < -0.39 is 11.1 Å². The Bertz CT molecular complexity index is 1200. The third-order valence-corrected chi connectivity index (χ3v) is 3.96. The highest BCUT2D eigenvalue weighted by Crippen LogP contribution is 2.15. The second-order valence-electron chi connectivity index (χ2n) is 5.29. The first-order valence-electron chi connectivity index (χ1n) is 6.96. The van der Waals surface area contributed by atoms with Crippen LogP contribution in [0.15, 0.2) is 73.8 Å². The van der Waals surface area contributed by atoms with Gasteiger partial charge in [-0.3, -0.25) is 19.2 Å². The standard InChI is InChI=1S/C18H9NO4/c20-15-6-7-16(21)12-9-14-13(8-11(12)15)17(22)19(18(14)23)10-4-2-1-3-5-10/h1-9H. The van der Waals surface area contributed by atoms with Crippen molar-refractivity contribution in [2.75, 3.05) is 0 Å². The third-order valence-electron chi connectivity index (χ3n) is 3.96. The molecule has 0 aliphatic heterocycles. The molecule has 0 fully saturated rings. The molecule has 0 aliphatic carbocycles. The topological polar surface area (TPSA) is 73.2 Å². The molecule has 0 aliphatic rings. The largest absolute Gasteiger partial charge is 0.289 e. The number of hydrogen-bond acceptors (Lipinski definition) is 4. The summed E-state index contributed by atoms with van der Waals surface area (Å²) in [5.74, 6) is 0. The number of rotatable bonds is 1. The molecule has 0 amide bonds. The van der Waals surface area contributed by atoms with Gasteiger partial charge in [0.2, 0.25) is 0 Å². The van der Waals surface area contributed by atoms with Gasteiger partial charge in [-0.05, 0) is 36.4 Å². The Balaban J connectivity index is 2.24. The van der Waals surface area contributed by atoms with Crippen LogP contribution in [-0.2, 0) is 0 Å². The molecule has 0 spiro atoms. The minimum atomic E-state index is -0.492. The molecule has 5 nitrogen and oxygen atoms in total. The number of hydrogen-bond donors (Lipinski definition) is 0. The average molecular weight is 303 g/mol. The molecule has 0 atom stereocenters. The highest BCUT2D eigenvalue weighted by atomic mass is 16.2. The number of aromatic nitrogens is 1. The Kier molecular flexibility index (Phi) is 2.65. The maximum Gasteiger partial charge on any atom is 0.266 e. The summed E-state index contributed by atoms with van der Waals surface area (Å²) in [6.07, 6.45) is 0. The third kappa shape index (κ3) is 1.80. The first-order valence-corrected chi connectivity index (χ1v) is 6.96. The lowest BCUT2D eigenvalue weighted by molar-refractivity contribution is 0.991. The molecular formula is C18H9NO4. The average Bonchev–Trinajstić information content (AvgIpc) is 2.82. The Labute approximate surface area is 128 Å². The molecule has 4 rings (SSSR count). The van der Waals surface area contributed by atoms with Crippen LogP contribution in [0.25, 0.3) is 27.2 Å². The molecule has 0 radical (unpaired) electrons. The van der Waals surface area contributed by atoms with E-state index in [9.17, 15) is 19.2 Å². The van der Waals surface area contributed by atoms with E-state index in [0.717, 1.165) is 4.57 Å². The Morgan fingerprint density at radius 1 is 0.565 bits per heavy atom. The normalized spacial score (nSPS) is 11.3. The van der Waals surface area contributed by atoms with Gasteiger partial charge >= 0.3 is 0 Å². The zero-order valence-electron chi connectivity index (χ0n) is 11.8. The number of benzene rings is 3. The minimum Gasteiger partial charge on any atom is -0.289 e. The molecule has 1 heterocycles. The predicted molar refractivity (Wildman–Crippen MR) is 88.2 cm³/mol. The molecule has 4 aromatic rings. The lowest BCUT2D eigenvalue weighted by Gasteiger charge is -1.97. The lowest BCUT2D eigenvalue weighted by atomic mass is 10.1. The molecule has 23 heavy (non-hydrogen) atoms. The zero-order valence-corrected chi connectivity index (χ0v) is 11.8. The van der Waals surface area contributed by atoms with E-state index in [4.69, 9.17) is 0 Å². The van der Waals surface area contributed by atoms with Gasteiger partial charge in [0.05, 0.1) is 16.5 Å². The highest BCUT2D eigenvalue weighted by molar-refractivity contribution is 5.98. The van der Waals surface area contributed by atoms with Crippen molar-refractivity contribution >= 4 is 21.5 Å². The smallest absolute Gasteiger partial charge is 0.266 e. The van der Waals surface area contributed by atoms with Crippen molar-refractivity contribution in [2.24, 2.45) is 0 Å². The summed E-state index contributed by atoms with van der Waals surface area (Å²) in [6.45, 7) is 0. The minimum absolute atomic E-state index is 0.147. The van der Waals surface area contributed by atoms with Gasteiger partial charge in [-0.25, -0.2) is 4.57 Å². The van der Waals surface area contributed by atoms with E-state index in [-0.39, 0.29) is 32.4 Å². The van der Waals surface area contributed by atoms with Gasteiger partial charge in [-0.2, -0.15) is 0 Å². The van der Waals surface area contributed by atoms with Crippen LogP contribution in [0.1, 0.15) is 0 Å². The van der Waals surface area contributed by atoms with Crippen molar-refractivity contribution in [3.05, 3.63) is 95.8 Å². The van der Waals surface area contributed by atoms with Crippen LogP contribution < -0.4 is 22.0 Å². The SMILES string of the molecule is O=c1ccc(=O)c2cc3c(=O)n(-c4ccccc4)c(=O)c3cc12. The van der Waals surface area contributed by atoms with Gasteiger partial charge < -0.3 is 0 Å². The maximum absolute atomic E-state index is 12.6. The van der Waals surface area contributed by atoms with Crippen LogP contribution in [-0.4, -0.2) is 4.57 Å². The molecular weight excluding hydrogens is 294 g/mol. The number of para-hydroxylation sites is 1. The fraction of sp³-hybridized carbons (Fsp3) is 0. The highest BCUT2D eigenvalue weighted by Gasteiger charge is 2.16. The second-order valence-corrected chi connectivity index (χ2v) is 5.29. The van der Waals surface area contributed by atoms with Crippen molar-refractivity contribution in [3.8, 4) is 5.69 Å². The van der Waals surface area contributed by atoms with Crippen LogP contribution in [0.2, 0.25) is 0 Å². The van der Waals surface area contributed by atoms with Crippen molar-refractivity contribution in [2.45, 2.75) is 0 Å². The lowest BCUT2D eigenvalue weighted by Crippen LogP contribution is -2.23. The molecule has 3 aromatic carbocycles. The summed E-state index contributed by atoms with van der Waals surface area (Å²) in [4.78, 5) is 49.0. The number of nitrogens with zero attached hydrogens (tertiary/aromatic N) is 1. The van der Waals surface area contributed by atoms with Crippen molar-refractivity contribution in [1.29, 1.82) is 0 Å². The van der Waals surface area contributed by atoms with E-state index in [1.807, 2.05) is 0 Å². The molecule has 0 saturated carbocycles. The summed E-state index contributed by atoms with van der Waals surface area (Å²) >= 11 is 0. The molecule has 0 saturated heterocycles. The first kappa shape index (κ1) is 13.3. The summed E-state index contributed by atoms with van der Waals surface area (Å²) in [6, 6.07) is 13.6. The van der Waals surface area contributed by atoms with E-state index in [0.29, 0.717) is 5.69 Å². The molecule has 0 bridgehead atoms. The summed E-state index contributed by atoms with van der Waals surface area (Å²) in [7, 11) is 0. The maximum atomic E-state index is 12.6. The van der Waals surface area contributed by atoms with Gasteiger partial charge in [0.25, 0.3) is 11.1 Å². The van der Waals surface area contributed by atoms with E-state index in [2.05, 4.69) is 0 Å². The summed E-state index contributed by atoms with van der Waals surface area (Å²) < 4.78 is 1.05.